The van der Waals surface area contributed by atoms with Crippen molar-refractivity contribution in [1.82, 2.24) is 15.3 Å². The molecule has 1 fully saturated rings. The lowest BCUT2D eigenvalue weighted by Gasteiger charge is -2.23. The Morgan fingerprint density at radius 3 is 3.00 bits per heavy atom. The molecular weight excluding hydrogens is 268 g/mol. The highest BCUT2D eigenvalue weighted by molar-refractivity contribution is 6.32. The highest BCUT2D eigenvalue weighted by Crippen LogP contribution is 2.35. The van der Waals surface area contributed by atoms with E-state index in [2.05, 4.69) is 20.7 Å². The van der Waals surface area contributed by atoms with Gasteiger partial charge in [0, 0.05) is 20.1 Å². The smallest absolute Gasteiger partial charge is 0.239 e. The Kier molecular flexibility index (Phi) is 3.77. The van der Waals surface area contributed by atoms with Crippen LogP contribution in [0.25, 0.3) is 0 Å². The Morgan fingerprint density at radius 1 is 1.63 bits per heavy atom. The topological polar surface area (TPSA) is 96.2 Å². The van der Waals surface area contributed by atoms with E-state index in [1.165, 1.54) is 6.20 Å². The fourth-order valence-corrected chi connectivity index (χ4v) is 2.49. The standard InChI is InChI=1S/C11H17ClN6O/c1-11(9(19)14-2)3-4-18(6-11)8-7(12)5-15-10(16-8)17-13/h5H,3-4,6,13H2,1-2H3,(H,14,19)(H,15,16,17). The van der Waals surface area contributed by atoms with Crippen molar-refractivity contribution < 1.29 is 4.79 Å². The highest BCUT2D eigenvalue weighted by Gasteiger charge is 2.40. The normalized spacial score (nSPS) is 22.4. The summed E-state index contributed by atoms with van der Waals surface area (Å²) in [6, 6.07) is 0. The molecule has 0 radical (unpaired) electrons. The molecule has 0 saturated carbocycles. The van der Waals surface area contributed by atoms with Gasteiger partial charge in [-0.2, -0.15) is 4.98 Å². The predicted molar refractivity (Wildman–Crippen MR) is 73.9 cm³/mol. The number of rotatable bonds is 3. The number of nitrogens with zero attached hydrogens (tertiary/aromatic N) is 3. The minimum absolute atomic E-state index is 0.0253. The van der Waals surface area contributed by atoms with Crippen LogP contribution in [-0.2, 0) is 4.79 Å². The summed E-state index contributed by atoms with van der Waals surface area (Å²) < 4.78 is 0. The molecule has 1 aliphatic heterocycles. The van der Waals surface area contributed by atoms with Crippen molar-refractivity contribution in [3.63, 3.8) is 0 Å². The van der Waals surface area contributed by atoms with Crippen molar-refractivity contribution in [2.45, 2.75) is 13.3 Å². The Morgan fingerprint density at radius 2 is 2.37 bits per heavy atom. The molecule has 1 atom stereocenters. The summed E-state index contributed by atoms with van der Waals surface area (Å²) >= 11 is 6.10. The minimum atomic E-state index is -0.431. The number of hydrogen-bond donors (Lipinski definition) is 3. The molecule has 1 aromatic rings. The van der Waals surface area contributed by atoms with Crippen LogP contribution < -0.4 is 21.5 Å². The molecule has 104 valence electrons. The summed E-state index contributed by atoms with van der Waals surface area (Å²) in [5, 5.41) is 3.14. The monoisotopic (exact) mass is 284 g/mol. The van der Waals surface area contributed by atoms with Gasteiger partial charge in [-0.3, -0.25) is 10.2 Å². The quantitative estimate of drug-likeness (QED) is 0.548. The summed E-state index contributed by atoms with van der Waals surface area (Å²) in [6.45, 7) is 3.21. The van der Waals surface area contributed by atoms with E-state index in [9.17, 15) is 4.79 Å². The van der Waals surface area contributed by atoms with Crippen molar-refractivity contribution in [3.8, 4) is 0 Å². The number of nitrogens with two attached hydrogens (primary N) is 1. The van der Waals surface area contributed by atoms with Crippen LogP contribution in [0.15, 0.2) is 6.20 Å². The third-order valence-corrected chi connectivity index (χ3v) is 3.67. The molecule has 2 heterocycles. The number of halogens is 1. The van der Waals surface area contributed by atoms with E-state index in [4.69, 9.17) is 17.4 Å². The maximum Gasteiger partial charge on any atom is 0.239 e. The number of nitrogens with one attached hydrogen (secondary N) is 2. The summed E-state index contributed by atoms with van der Waals surface area (Å²) in [6.07, 6.45) is 2.24. The molecule has 19 heavy (non-hydrogen) atoms. The Balaban J connectivity index is 2.23. The second-order valence-electron chi connectivity index (χ2n) is 4.82. The molecule has 1 saturated heterocycles. The van der Waals surface area contributed by atoms with Crippen molar-refractivity contribution in [1.29, 1.82) is 0 Å². The third kappa shape index (κ3) is 2.57. The van der Waals surface area contributed by atoms with Gasteiger partial charge < -0.3 is 10.2 Å². The second kappa shape index (κ2) is 5.18. The molecule has 0 spiro atoms. The highest BCUT2D eigenvalue weighted by atomic mass is 35.5. The molecule has 1 amide bonds. The zero-order valence-electron chi connectivity index (χ0n) is 10.9. The van der Waals surface area contributed by atoms with E-state index < -0.39 is 5.41 Å². The molecule has 0 aliphatic carbocycles. The van der Waals surface area contributed by atoms with Gasteiger partial charge in [0.1, 0.15) is 5.02 Å². The van der Waals surface area contributed by atoms with Gasteiger partial charge in [0.25, 0.3) is 0 Å². The first-order chi connectivity index (χ1) is 9.00. The molecule has 4 N–H and O–H groups in total. The van der Waals surface area contributed by atoms with E-state index in [0.29, 0.717) is 29.9 Å². The van der Waals surface area contributed by atoms with Gasteiger partial charge in [-0.25, -0.2) is 10.8 Å². The van der Waals surface area contributed by atoms with Crippen molar-refractivity contribution in [3.05, 3.63) is 11.2 Å². The lowest BCUT2D eigenvalue weighted by Crippen LogP contribution is -2.39. The van der Waals surface area contributed by atoms with Crippen LogP contribution in [0.5, 0.6) is 0 Å². The van der Waals surface area contributed by atoms with Gasteiger partial charge in [0.15, 0.2) is 5.82 Å². The van der Waals surface area contributed by atoms with E-state index in [0.717, 1.165) is 6.42 Å². The first-order valence-electron chi connectivity index (χ1n) is 5.96. The average Bonchev–Trinajstić information content (AvgIpc) is 2.82. The maximum atomic E-state index is 11.9. The Bertz CT molecular complexity index is 496. The molecule has 1 unspecified atom stereocenters. The molecule has 2 rings (SSSR count). The van der Waals surface area contributed by atoms with Gasteiger partial charge in [-0.05, 0) is 13.3 Å². The number of anilines is 2. The lowest BCUT2D eigenvalue weighted by molar-refractivity contribution is -0.128. The van der Waals surface area contributed by atoms with Crippen LogP contribution in [0, 0.1) is 5.41 Å². The number of hydrazine groups is 1. The summed E-state index contributed by atoms with van der Waals surface area (Å²) in [5.41, 5.74) is 1.95. The number of nitrogen functional groups attached to an aromatic ring is 1. The van der Waals surface area contributed by atoms with Gasteiger partial charge in [0.2, 0.25) is 11.9 Å². The van der Waals surface area contributed by atoms with Crippen LogP contribution in [-0.4, -0.2) is 36.0 Å². The molecule has 7 nitrogen and oxygen atoms in total. The van der Waals surface area contributed by atoms with Crippen LogP contribution in [0.1, 0.15) is 13.3 Å². The molecule has 0 aromatic carbocycles. The number of hydrogen-bond acceptors (Lipinski definition) is 6. The van der Waals surface area contributed by atoms with E-state index in [1.54, 1.807) is 7.05 Å². The SMILES string of the molecule is CNC(=O)C1(C)CCN(c2nc(NN)ncc2Cl)C1. The second-order valence-corrected chi connectivity index (χ2v) is 5.23. The molecule has 1 aromatic heterocycles. The van der Waals surface area contributed by atoms with Gasteiger partial charge in [-0.1, -0.05) is 11.6 Å². The van der Waals surface area contributed by atoms with Crippen LogP contribution >= 0.6 is 11.6 Å². The van der Waals surface area contributed by atoms with Crippen molar-refractivity contribution in [2.24, 2.45) is 11.3 Å². The first-order valence-corrected chi connectivity index (χ1v) is 6.34. The largest absolute Gasteiger partial charge is 0.359 e. The Labute approximate surface area is 116 Å². The van der Waals surface area contributed by atoms with E-state index in [-0.39, 0.29) is 5.91 Å². The molecule has 0 bridgehead atoms. The molecule has 1 aliphatic rings. The fourth-order valence-electron chi connectivity index (χ4n) is 2.28. The van der Waals surface area contributed by atoms with Crippen LogP contribution in [0.2, 0.25) is 5.02 Å². The molecule has 8 heteroatoms. The molecular formula is C11H17ClN6O. The number of carbonyl (C=O) groups is 1. The maximum absolute atomic E-state index is 11.9. The minimum Gasteiger partial charge on any atom is -0.359 e. The number of carbonyl (C=O) groups excluding carboxylic acids is 1. The van der Waals surface area contributed by atoms with E-state index in [1.807, 2.05) is 11.8 Å². The van der Waals surface area contributed by atoms with Gasteiger partial charge in [0.05, 0.1) is 11.6 Å². The zero-order chi connectivity index (χ0) is 14.0. The summed E-state index contributed by atoms with van der Waals surface area (Å²) in [5.74, 6) is 6.21. The van der Waals surface area contributed by atoms with Gasteiger partial charge >= 0.3 is 0 Å². The average molecular weight is 285 g/mol. The fraction of sp³-hybridized carbons (Fsp3) is 0.545. The number of aromatic nitrogens is 2. The van der Waals surface area contributed by atoms with Crippen molar-refractivity contribution >= 4 is 29.3 Å². The zero-order valence-corrected chi connectivity index (χ0v) is 11.7. The van der Waals surface area contributed by atoms with Crippen molar-refractivity contribution in [2.75, 3.05) is 30.5 Å². The third-order valence-electron chi connectivity index (χ3n) is 3.40. The predicted octanol–water partition coefficient (Wildman–Crippen LogP) is 0.378. The number of amides is 1. The van der Waals surface area contributed by atoms with Crippen LogP contribution in [0.3, 0.4) is 0 Å². The summed E-state index contributed by atoms with van der Waals surface area (Å²) in [7, 11) is 1.64. The van der Waals surface area contributed by atoms with Crippen LogP contribution in [0.4, 0.5) is 11.8 Å². The summed E-state index contributed by atoms with van der Waals surface area (Å²) in [4.78, 5) is 22.0. The first kappa shape index (κ1) is 13.8. The van der Waals surface area contributed by atoms with E-state index >= 15 is 0 Å². The Hall–Kier alpha value is -1.60. The lowest BCUT2D eigenvalue weighted by atomic mass is 9.89. The van der Waals surface area contributed by atoms with Gasteiger partial charge in [-0.15, -0.1) is 0 Å².